The smallest absolute Gasteiger partial charge is 0.437 e. The van der Waals surface area contributed by atoms with Gasteiger partial charge in [-0.2, -0.15) is 18.2 Å². The number of hydrogen-bond acceptors (Lipinski definition) is 6. The molecule has 0 saturated heterocycles. The zero-order chi connectivity index (χ0) is 20.6. The number of H-pyrrole nitrogens is 1. The summed E-state index contributed by atoms with van der Waals surface area (Å²) < 4.78 is 50.5. The highest BCUT2D eigenvalue weighted by molar-refractivity contribution is 6.42. The van der Waals surface area contributed by atoms with Crippen molar-refractivity contribution < 1.29 is 22.4 Å². The molecule has 0 unspecified atom stereocenters. The van der Waals surface area contributed by atoms with Crippen molar-refractivity contribution in [3.63, 3.8) is 0 Å². The molecular weight excluding hydrogens is 424 g/mol. The topological polar surface area (TPSA) is 93.9 Å². The molecule has 0 aliphatic rings. The van der Waals surface area contributed by atoms with Crippen LogP contribution in [0.2, 0.25) is 10.0 Å². The highest BCUT2D eigenvalue weighted by Gasteiger charge is 2.39. The fourth-order valence-corrected chi connectivity index (χ4v) is 2.37. The Morgan fingerprint density at radius 3 is 2.46 bits per heavy atom. The summed E-state index contributed by atoms with van der Waals surface area (Å²) in [7, 11) is 0. The average Bonchev–Trinajstić information content (AvgIpc) is 3.09. The fraction of sp³-hybridized carbons (Fsp3) is 0.250. The van der Waals surface area contributed by atoms with Gasteiger partial charge in [0.1, 0.15) is 5.75 Å². The second-order valence-electron chi connectivity index (χ2n) is 5.88. The largest absolute Gasteiger partial charge is 0.449 e. The van der Waals surface area contributed by atoms with E-state index < -0.39 is 29.0 Å². The zero-order valence-electron chi connectivity index (χ0n) is 14.3. The predicted octanol–water partition coefficient (Wildman–Crippen LogP) is 5.06. The first-order valence-electron chi connectivity index (χ1n) is 7.74. The van der Waals surface area contributed by atoms with Gasteiger partial charge in [-0.15, -0.1) is 0 Å². The lowest BCUT2D eigenvalue weighted by Gasteiger charge is -2.13. The van der Waals surface area contributed by atoms with Crippen molar-refractivity contribution in [1.82, 2.24) is 20.1 Å². The number of aromatic amines is 1. The van der Waals surface area contributed by atoms with Crippen molar-refractivity contribution in [3.8, 4) is 23.1 Å². The molecule has 0 amide bonds. The van der Waals surface area contributed by atoms with E-state index in [4.69, 9.17) is 32.5 Å². The minimum Gasteiger partial charge on any atom is -0.449 e. The molecule has 0 saturated carbocycles. The maximum absolute atomic E-state index is 13.5. The van der Waals surface area contributed by atoms with Gasteiger partial charge in [0.05, 0.1) is 10.0 Å². The summed E-state index contributed by atoms with van der Waals surface area (Å²) in [5.74, 6) is -1.94. The standard InChI is InChI=1S/C16H11Cl2F3N4O3/c1-6(2)15-24-13(25-28-15)12-22-11(16(19,20)21)10(14(26)23-12)27-7-3-4-8(17)9(18)5-7/h3-6H,1-2H3,(H,22,23,26). The molecular formula is C16H11Cl2F3N4O3. The van der Waals surface area contributed by atoms with Gasteiger partial charge < -0.3 is 14.2 Å². The summed E-state index contributed by atoms with van der Waals surface area (Å²) in [6, 6.07) is 3.75. The van der Waals surface area contributed by atoms with Crippen LogP contribution in [-0.2, 0) is 6.18 Å². The molecule has 12 heteroatoms. The molecule has 3 aromatic rings. The van der Waals surface area contributed by atoms with Crippen molar-refractivity contribution >= 4 is 23.2 Å². The fourth-order valence-electron chi connectivity index (χ4n) is 2.08. The molecule has 148 valence electrons. The molecule has 0 spiro atoms. The van der Waals surface area contributed by atoms with E-state index >= 15 is 0 Å². The van der Waals surface area contributed by atoms with E-state index in [-0.39, 0.29) is 33.4 Å². The van der Waals surface area contributed by atoms with Gasteiger partial charge in [0.25, 0.3) is 5.56 Å². The first-order valence-corrected chi connectivity index (χ1v) is 8.50. The second kappa shape index (κ2) is 7.44. The quantitative estimate of drug-likeness (QED) is 0.616. The van der Waals surface area contributed by atoms with Crippen LogP contribution < -0.4 is 10.3 Å². The number of rotatable bonds is 4. The molecule has 3 rings (SSSR count). The van der Waals surface area contributed by atoms with Crippen LogP contribution in [0.5, 0.6) is 11.5 Å². The Bertz CT molecular complexity index is 1080. The lowest BCUT2D eigenvalue weighted by Crippen LogP contribution is -2.21. The van der Waals surface area contributed by atoms with Crippen LogP contribution in [0, 0.1) is 0 Å². The minimum atomic E-state index is -4.99. The van der Waals surface area contributed by atoms with E-state index in [0.717, 1.165) is 0 Å². The van der Waals surface area contributed by atoms with Crippen molar-refractivity contribution in [2.45, 2.75) is 25.9 Å². The van der Waals surface area contributed by atoms with E-state index in [1.807, 2.05) is 0 Å². The Hall–Kier alpha value is -2.59. The van der Waals surface area contributed by atoms with Crippen LogP contribution in [-0.4, -0.2) is 20.1 Å². The number of nitrogens with one attached hydrogen (secondary N) is 1. The van der Waals surface area contributed by atoms with Crippen LogP contribution >= 0.6 is 23.2 Å². The summed E-state index contributed by atoms with van der Waals surface area (Å²) in [6.45, 7) is 3.51. The summed E-state index contributed by atoms with van der Waals surface area (Å²) in [5.41, 5.74) is -2.73. The summed E-state index contributed by atoms with van der Waals surface area (Å²) >= 11 is 11.6. The van der Waals surface area contributed by atoms with Crippen molar-refractivity contribution in [2.75, 3.05) is 0 Å². The normalized spacial score (nSPS) is 11.9. The number of benzene rings is 1. The number of alkyl halides is 3. The summed E-state index contributed by atoms with van der Waals surface area (Å²) in [6.07, 6.45) is -4.99. The van der Waals surface area contributed by atoms with Crippen molar-refractivity contribution in [1.29, 1.82) is 0 Å². The maximum atomic E-state index is 13.5. The van der Waals surface area contributed by atoms with Crippen LogP contribution in [0.4, 0.5) is 13.2 Å². The molecule has 1 aromatic carbocycles. The number of nitrogens with zero attached hydrogens (tertiary/aromatic N) is 3. The maximum Gasteiger partial charge on any atom is 0.437 e. The molecule has 28 heavy (non-hydrogen) atoms. The van der Waals surface area contributed by atoms with Gasteiger partial charge in [-0.3, -0.25) is 4.79 Å². The average molecular weight is 435 g/mol. The third kappa shape index (κ3) is 4.12. The highest BCUT2D eigenvalue weighted by Crippen LogP contribution is 2.36. The first kappa shape index (κ1) is 20.2. The molecule has 7 nitrogen and oxygen atoms in total. The Labute approximate surface area is 165 Å². The van der Waals surface area contributed by atoms with Crippen LogP contribution in [0.25, 0.3) is 11.6 Å². The van der Waals surface area contributed by atoms with Gasteiger partial charge in [-0.25, -0.2) is 4.98 Å². The first-order chi connectivity index (χ1) is 13.1. The molecule has 1 N–H and O–H groups in total. The number of halogens is 5. The van der Waals surface area contributed by atoms with Gasteiger partial charge in [-0.05, 0) is 12.1 Å². The Balaban J connectivity index is 2.09. The Kier molecular flexibility index (Phi) is 5.35. The van der Waals surface area contributed by atoms with E-state index in [9.17, 15) is 18.0 Å². The third-order valence-electron chi connectivity index (χ3n) is 3.40. The van der Waals surface area contributed by atoms with Crippen molar-refractivity contribution in [2.24, 2.45) is 0 Å². The van der Waals surface area contributed by atoms with Crippen LogP contribution in [0.1, 0.15) is 31.4 Å². The molecule has 0 aliphatic carbocycles. The molecule has 2 aromatic heterocycles. The van der Waals surface area contributed by atoms with Gasteiger partial charge >= 0.3 is 6.18 Å². The molecule has 0 fully saturated rings. The van der Waals surface area contributed by atoms with Gasteiger partial charge in [0.2, 0.25) is 17.5 Å². The molecule has 0 aliphatic heterocycles. The molecule has 0 atom stereocenters. The predicted molar refractivity (Wildman–Crippen MR) is 93.8 cm³/mol. The third-order valence-corrected chi connectivity index (χ3v) is 4.14. The van der Waals surface area contributed by atoms with Crippen molar-refractivity contribution in [3.05, 3.63) is 50.2 Å². The second-order valence-corrected chi connectivity index (χ2v) is 6.69. The molecule has 0 bridgehead atoms. The van der Waals surface area contributed by atoms with Crippen LogP contribution in [0.3, 0.4) is 0 Å². The number of hydrogen-bond donors (Lipinski definition) is 1. The summed E-state index contributed by atoms with van der Waals surface area (Å²) in [4.78, 5) is 21.8. The minimum absolute atomic E-state index is 0.0433. The Morgan fingerprint density at radius 1 is 1.18 bits per heavy atom. The highest BCUT2D eigenvalue weighted by atomic mass is 35.5. The van der Waals surface area contributed by atoms with E-state index in [2.05, 4.69) is 20.1 Å². The number of ether oxygens (including phenoxy) is 1. The lowest BCUT2D eigenvalue weighted by atomic mass is 10.2. The molecule has 0 radical (unpaired) electrons. The van der Waals surface area contributed by atoms with E-state index in [0.29, 0.717) is 0 Å². The van der Waals surface area contributed by atoms with E-state index in [1.165, 1.54) is 18.2 Å². The van der Waals surface area contributed by atoms with E-state index in [1.54, 1.807) is 13.8 Å². The van der Waals surface area contributed by atoms with Gasteiger partial charge in [0, 0.05) is 12.0 Å². The molecule has 2 heterocycles. The van der Waals surface area contributed by atoms with Gasteiger partial charge in [0.15, 0.2) is 11.5 Å². The van der Waals surface area contributed by atoms with Crippen LogP contribution in [0.15, 0.2) is 27.5 Å². The zero-order valence-corrected chi connectivity index (χ0v) is 15.8. The Morgan fingerprint density at radius 2 is 1.89 bits per heavy atom. The SMILES string of the molecule is CC(C)c1nc(-c2nc(C(F)(F)F)c(Oc3ccc(Cl)c(Cl)c3)c(=O)[nH]2)no1. The monoisotopic (exact) mass is 434 g/mol. The van der Waals surface area contributed by atoms with Gasteiger partial charge in [-0.1, -0.05) is 42.2 Å². The summed E-state index contributed by atoms with van der Waals surface area (Å²) in [5, 5.41) is 3.76. The number of aromatic nitrogens is 4. The lowest BCUT2D eigenvalue weighted by molar-refractivity contribution is -0.142.